The Hall–Kier alpha value is -2.82. The third kappa shape index (κ3) is 5.30. The molecule has 0 N–H and O–H groups in total. The van der Waals surface area contributed by atoms with Gasteiger partial charge in [-0.05, 0) is 73.6 Å². The smallest absolute Gasteiger partial charge is 0.325 e. The molecular weight excluding hydrogens is 498 g/mol. The summed E-state index contributed by atoms with van der Waals surface area (Å²) in [5.74, 6) is -0.361. The van der Waals surface area contributed by atoms with E-state index in [4.69, 9.17) is 4.74 Å². The van der Waals surface area contributed by atoms with Crippen molar-refractivity contribution in [3.05, 3.63) is 57.9 Å². The van der Waals surface area contributed by atoms with Crippen molar-refractivity contribution in [1.29, 1.82) is 0 Å². The molecule has 2 heterocycles. The molecule has 8 nitrogen and oxygen atoms in total. The number of esters is 1. The predicted molar refractivity (Wildman–Crippen MR) is 139 cm³/mol. The van der Waals surface area contributed by atoms with Crippen molar-refractivity contribution in [3.8, 4) is 0 Å². The van der Waals surface area contributed by atoms with Crippen LogP contribution in [0.25, 0.3) is 10.2 Å². The number of sulfonamides is 1. The highest BCUT2D eigenvalue weighted by atomic mass is 32.2. The zero-order valence-electron chi connectivity index (χ0n) is 21.1. The Kier molecular flexibility index (Phi) is 7.49. The van der Waals surface area contributed by atoms with E-state index in [0.29, 0.717) is 29.7 Å². The van der Waals surface area contributed by atoms with Crippen molar-refractivity contribution in [1.82, 2.24) is 8.87 Å². The minimum atomic E-state index is -3.64. The molecule has 0 saturated carbocycles. The zero-order valence-corrected chi connectivity index (χ0v) is 22.8. The van der Waals surface area contributed by atoms with Gasteiger partial charge in [0.15, 0.2) is 4.80 Å². The van der Waals surface area contributed by atoms with Gasteiger partial charge in [0.2, 0.25) is 10.0 Å². The molecular formula is C26H31N3O5S2. The largest absolute Gasteiger partial charge is 0.468 e. The first-order valence-electron chi connectivity index (χ1n) is 11.9. The van der Waals surface area contributed by atoms with Gasteiger partial charge in [-0.25, -0.2) is 8.42 Å². The third-order valence-electron chi connectivity index (χ3n) is 6.40. The van der Waals surface area contributed by atoms with Crippen molar-refractivity contribution in [3.63, 3.8) is 0 Å². The average molecular weight is 530 g/mol. The van der Waals surface area contributed by atoms with Crippen LogP contribution in [-0.4, -0.2) is 49.4 Å². The number of methoxy groups -OCH3 is 1. The number of amides is 1. The lowest BCUT2D eigenvalue weighted by Gasteiger charge is -2.34. The van der Waals surface area contributed by atoms with Gasteiger partial charge in [0.1, 0.15) is 6.54 Å². The molecule has 1 aliphatic heterocycles. The van der Waals surface area contributed by atoms with Crippen molar-refractivity contribution in [2.24, 2.45) is 16.8 Å². The van der Waals surface area contributed by atoms with Gasteiger partial charge in [-0.2, -0.15) is 9.30 Å². The van der Waals surface area contributed by atoms with Gasteiger partial charge in [-0.3, -0.25) is 9.59 Å². The van der Waals surface area contributed by atoms with Crippen molar-refractivity contribution in [2.75, 3.05) is 20.2 Å². The number of fused-ring (bicyclic) bond motifs is 1. The number of hydrogen-bond donors (Lipinski definition) is 0. The second-order valence-corrected chi connectivity index (χ2v) is 12.6. The number of benzene rings is 2. The quantitative estimate of drug-likeness (QED) is 0.467. The molecule has 1 saturated heterocycles. The van der Waals surface area contributed by atoms with Crippen LogP contribution in [0.3, 0.4) is 0 Å². The van der Waals surface area contributed by atoms with Crippen LogP contribution in [0.5, 0.6) is 0 Å². The number of thiazole rings is 1. The Bertz CT molecular complexity index is 1480. The lowest BCUT2D eigenvalue weighted by atomic mass is 9.94. The molecule has 2 aromatic carbocycles. The van der Waals surface area contributed by atoms with Crippen LogP contribution < -0.4 is 4.80 Å². The van der Waals surface area contributed by atoms with Crippen LogP contribution in [0.15, 0.2) is 46.3 Å². The lowest BCUT2D eigenvalue weighted by Crippen LogP contribution is -2.42. The minimum absolute atomic E-state index is 0.0730. The summed E-state index contributed by atoms with van der Waals surface area (Å²) in [6.45, 7) is 8.97. The first kappa shape index (κ1) is 26.2. The van der Waals surface area contributed by atoms with Crippen LogP contribution in [0.2, 0.25) is 0 Å². The molecule has 2 unspecified atom stereocenters. The molecule has 2 atom stereocenters. The van der Waals surface area contributed by atoms with Crippen LogP contribution in [0.1, 0.15) is 41.8 Å². The lowest BCUT2D eigenvalue weighted by molar-refractivity contribution is -0.141. The first-order chi connectivity index (χ1) is 17.0. The number of aromatic nitrogens is 1. The highest BCUT2D eigenvalue weighted by molar-refractivity contribution is 7.89. The van der Waals surface area contributed by atoms with Gasteiger partial charge in [-0.15, -0.1) is 0 Å². The highest BCUT2D eigenvalue weighted by Gasteiger charge is 2.31. The number of carbonyl (C=O) groups is 2. The van der Waals surface area contributed by atoms with Gasteiger partial charge >= 0.3 is 5.97 Å². The Balaban J connectivity index is 1.68. The molecule has 3 aromatic rings. The van der Waals surface area contributed by atoms with E-state index in [-0.39, 0.29) is 17.0 Å². The summed E-state index contributed by atoms with van der Waals surface area (Å²) in [6.07, 6.45) is 1.01. The molecule has 192 valence electrons. The van der Waals surface area contributed by atoms with E-state index >= 15 is 0 Å². The van der Waals surface area contributed by atoms with E-state index < -0.39 is 21.9 Å². The van der Waals surface area contributed by atoms with Crippen LogP contribution in [0, 0.1) is 25.7 Å². The third-order valence-corrected chi connectivity index (χ3v) is 9.27. The summed E-state index contributed by atoms with van der Waals surface area (Å²) in [4.78, 5) is 30.0. The second-order valence-electron chi connectivity index (χ2n) is 9.68. The summed E-state index contributed by atoms with van der Waals surface area (Å²) in [5.41, 5.74) is 3.13. The van der Waals surface area contributed by atoms with Gasteiger partial charge < -0.3 is 9.30 Å². The normalized spacial score (nSPS) is 19.5. The molecule has 1 amide bonds. The van der Waals surface area contributed by atoms with Crippen molar-refractivity contribution >= 4 is 43.5 Å². The Morgan fingerprint density at radius 2 is 1.72 bits per heavy atom. The molecule has 4 rings (SSSR count). The van der Waals surface area contributed by atoms with Crippen molar-refractivity contribution in [2.45, 2.75) is 45.6 Å². The number of carbonyl (C=O) groups excluding carboxylic acids is 2. The SMILES string of the molecule is COC(=O)Cn1c(=NC(=O)c2ccc(S(=O)(=O)N3CC(C)CC(C)C3)cc2)sc2cc(C)cc(C)c21. The first-order valence-corrected chi connectivity index (χ1v) is 14.1. The Morgan fingerprint density at radius 3 is 2.33 bits per heavy atom. The number of aryl methyl sites for hydroxylation is 2. The molecule has 0 radical (unpaired) electrons. The number of rotatable bonds is 5. The summed E-state index contributed by atoms with van der Waals surface area (Å²) < 4.78 is 35.3. The molecule has 10 heteroatoms. The standard InChI is InChI=1S/C26H31N3O5S2/c1-16-11-19(4)24-22(12-16)35-26(29(24)15-23(30)34-5)27-25(31)20-6-8-21(9-7-20)36(32,33)28-13-17(2)10-18(3)14-28/h6-9,11-12,17-18H,10,13-15H2,1-5H3. The minimum Gasteiger partial charge on any atom is -0.468 e. The van der Waals surface area contributed by atoms with Crippen LogP contribution in [0.4, 0.5) is 0 Å². The molecule has 1 fully saturated rings. The summed E-state index contributed by atoms with van der Waals surface area (Å²) in [7, 11) is -2.32. The van der Waals surface area contributed by atoms with Crippen LogP contribution in [-0.2, 0) is 26.1 Å². The van der Waals surface area contributed by atoms with Gasteiger partial charge in [0.05, 0.1) is 22.2 Å². The van der Waals surface area contributed by atoms with Gasteiger partial charge in [0.25, 0.3) is 5.91 Å². The molecule has 1 aliphatic rings. The monoisotopic (exact) mass is 529 g/mol. The van der Waals surface area contributed by atoms with E-state index in [1.807, 2.05) is 26.0 Å². The average Bonchev–Trinajstić information content (AvgIpc) is 3.14. The number of piperidine rings is 1. The molecule has 0 spiro atoms. The van der Waals surface area contributed by atoms with E-state index in [9.17, 15) is 18.0 Å². The van der Waals surface area contributed by atoms with Crippen molar-refractivity contribution < 1.29 is 22.7 Å². The Morgan fingerprint density at radius 1 is 1.08 bits per heavy atom. The zero-order chi connectivity index (χ0) is 26.2. The van der Waals surface area contributed by atoms with Gasteiger partial charge in [0, 0.05) is 18.7 Å². The summed E-state index contributed by atoms with van der Waals surface area (Å²) in [6, 6.07) is 9.90. The highest BCUT2D eigenvalue weighted by Crippen LogP contribution is 2.27. The van der Waals surface area contributed by atoms with E-state index in [0.717, 1.165) is 27.8 Å². The van der Waals surface area contributed by atoms with Crippen LogP contribution >= 0.6 is 11.3 Å². The summed E-state index contributed by atoms with van der Waals surface area (Å²) >= 11 is 1.32. The van der Waals surface area contributed by atoms with E-state index in [1.54, 1.807) is 4.57 Å². The maximum Gasteiger partial charge on any atom is 0.325 e. The van der Waals surface area contributed by atoms with Gasteiger partial charge in [-0.1, -0.05) is 31.3 Å². The molecule has 36 heavy (non-hydrogen) atoms. The van der Waals surface area contributed by atoms with E-state index in [1.165, 1.54) is 47.0 Å². The fourth-order valence-electron chi connectivity index (χ4n) is 4.89. The molecule has 0 aliphatic carbocycles. The topological polar surface area (TPSA) is 98.0 Å². The maximum atomic E-state index is 13.2. The molecule has 1 aromatic heterocycles. The fourth-order valence-corrected chi connectivity index (χ4v) is 7.77. The molecule has 0 bridgehead atoms. The number of ether oxygens (including phenoxy) is 1. The predicted octanol–water partition coefficient (Wildman–Crippen LogP) is 3.90. The fraction of sp³-hybridized carbons (Fsp3) is 0.423. The summed E-state index contributed by atoms with van der Waals surface area (Å²) in [5, 5.41) is 0. The second kappa shape index (κ2) is 10.3. The number of nitrogens with zero attached hydrogens (tertiary/aromatic N) is 3. The Labute approximate surface area is 215 Å². The van der Waals surface area contributed by atoms with E-state index in [2.05, 4.69) is 18.8 Å². The number of hydrogen-bond acceptors (Lipinski definition) is 6. The maximum absolute atomic E-state index is 13.2.